The van der Waals surface area contributed by atoms with Crippen molar-refractivity contribution in [3.8, 4) is 11.5 Å². The fourth-order valence-corrected chi connectivity index (χ4v) is 2.99. The Hall–Kier alpha value is -3.79. The van der Waals surface area contributed by atoms with Crippen LogP contribution in [-0.2, 0) is 9.53 Å². The zero-order valence-electron chi connectivity index (χ0n) is 16.3. The summed E-state index contributed by atoms with van der Waals surface area (Å²) in [6.07, 6.45) is 3.61. The number of ether oxygens (including phenoxy) is 2. The smallest absolute Gasteiger partial charge is 0.343 e. The molecule has 3 aromatic rings. The molecular weight excluding hydrogens is 362 g/mol. The standard InChI is InChI=1S/C25H21NO3/c1-26(2)21-12-8-18(9-13-21)16-20-17-24(29-25(20)27)19-10-14-23(15-11-19)28-22-6-4-3-5-7-22/h3-17H,1-2H3/b20-16+. The summed E-state index contributed by atoms with van der Waals surface area (Å²) in [6, 6.07) is 25.1. The van der Waals surface area contributed by atoms with E-state index in [2.05, 4.69) is 0 Å². The number of hydrogen-bond acceptors (Lipinski definition) is 4. The maximum absolute atomic E-state index is 12.3. The Morgan fingerprint density at radius 2 is 1.48 bits per heavy atom. The van der Waals surface area contributed by atoms with Gasteiger partial charge in [-0.1, -0.05) is 30.3 Å². The van der Waals surface area contributed by atoms with Gasteiger partial charge in [-0.05, 0) is 66.2 Å². The van der Waals surface area contributed by atoms with E-state index in [0.717, 1.165) is 28.3 Å². The molecule has 29 heavy (non-hydrogen) atoms. The molecule has 0 unspecified atom stereocenters. The van der Waals surface area contributed by atoms with Crippen LogP contribution in [0, 0.1) is 0 Å². The lowest BCUT2D eigenvalue weighted by atomic mass is 10.1. The zero-order valence-corrected chi connectivity index (χ0v) is 16.3. The van der Waals surface area contributed by atoms with E-state index < -0.39 is 0 Å². The van der Waals surface area contributed by atoms with Crippen molar-refractivity contribution in [2.75, 3.05) is 19.0 Å². The van der Waals surface area contributed by atoms with Gasteiger partial charge in [0.15, 0.2) is 0 Å². The molecule has 1 aliphatic rings. The van der Waals surface area contributed by atoms with E-state index in [1.807, 2.05) is 104 Å². The summed E-state index contributed by atoms with van der Waals surface area (Å²) in [5.41, 5.74) is 3.41. The van der Waals surface area contributed by atoms with Crippen molar-refractivity contribution in [1.29, 1.82) is 0 Å². The second-order valence-electron chi connectivity index (χ2n) is 6.92. The molecule has 1 heterocycles. The Labute approximate surface area is 170 Å². The van der Waals surface area contributed by atoms with Crippen molar-refractivity contribution in [3.63, 3.8) is 0 Å². The van der Waals surface area contributed by atoms with E-state index in [4.69, 9.17) is 9.47 Å². The summed E-state index contributed by atoms with van der Waals surface area (Å²) in [7, 11) is 3.99. The molecule has 4 heteroatoms. The molecule has 0 fully saturated rings. The van der Waals surface area contributed by atoms with Gasteiger partial charge in [0.2, 0.25) is 0 Å². The Morgan fingerprint density at radius 1 is 0.828 bits per heavy atom. The average molecular weight is 383 g/mol. The second kappa shape index (κ2) is 8.07. The molecule has 0 radical (unpaired) electrons. The van der Waals surface area contributed by atoms with E-state index >= 15 is 0 Å². The lowest BCUT2D eigenvalue weighted by Gasteiger charge is -2.11. The third-order valence-corrected chi connectivity index (χ3v) is 4.57. The third kappa shape index (κ3) is 4.38. The predicted molar refractivity (Wildman–Crippen MR) is 116 cm³/mol. The van der Waals surface area contributed by atoms with E-state index in [-0.39, 0.29) is 5.97 Å². The molecule has 4 nitrogen and oxygen atoms in total. The Morgan fingerprint density at radius 3 is 2.14 bits per heavy atom. The minimum absolute atomic E-state index is 0.346. The van der Waals surface area contributed by atoms with Crippen molar-refractivity contribution < 1.29 is 14.3 Å². The van der Waals surface area contributed by atoms with E-state index in [0.29, 0.717) is 11.3 Å². The van der Waals surface area contributed by atoms with Crippen LogP contribution in [0.1, 0.15) is 11.1 Å². The van der Waals surface area contributed by atoms with Crippen LogP contribution in [0.3, 0.4) is 0 Å². The first-order chi connectivity index (χ1) is 14.1. The molecule has 4 rings (SSSR count). The number of benzene rings is 3. The summed E-state index contributed by atoms with van der Waals surface area (Å²) in [5, 5.41) is 0. The molecule has 1 aliphatic heterocycles. The number of nitrogens with zero attached hydrogens (tertiary/aromatic N) is 1. The first kappa shape index (κ1) is 18.6. The van der Waals surface area contributed by atoms with Crippen LogP contribution in [0.25, 0.3) is 11.8 Å². The molecule has 0 atom stereocenters. The number of esters is 1. The molecule has 0 saturated carbocycles. The number of cyclic esters (lactones) is 1. The molecular formula is C25H21NO3. The third-order valence-electron chi connectivity index (χ3n) is 4.57. The first-order valence-corrected chi connectivity index (χ1v) is 9.35. The van der Waals surface area contributed by atoms with Crippen molar-refractivity contribution >= 4 is 23.5 Å². The van der Waals surface area contributed by atoms with Gasteiger partial charge < -0.3 is 14.4 Å². The Balaban J connectivity index is 1.51. The summed E-state index contributed by atoms with van der Waals surface area (Å²) >= 11 is 0. The van der Waals surface area contributed by atoms with Gasteiger partial charge in [0.1, 0.15) is 17.3 Å². The lowest BCUT2D eigenvalue weighted by molar-refractivity contribution is -0.130. The summed E-state index contributed by atoms with van der Waals surface area (Å²) < 4.78 is 11.3. The van der Waals surface area contributed by atoms with Crippen LogP contribution >= 0.6 is 0 Å². The molecule has 3 aromatic carbocycles. The SMILES string of the molecule is CN(C)c1ccc(/C=C2\C=C(c3ccc(Oc4ccccc4)cc3)OC2=O)cc1. The summed E-state index contributed by atoms with van der Waals surface area (Å²) in [5.74, 6) is 1.69. The normalized spacial score (nSPS) is 14.5. The minimum Gasteiger partial charge on any atom is -0.457 e. The Bertz CT molecular complexity index is 1060. The van der Waals surface area contributed by atoms with Crippen LogP contribution in [0.15, 0.2) is 90.5 Å². The molecule has 0 aliphatic carbocycles. The topological polar surface area (TPSA) is 38.8 Å². The van der Waals surface area contributed by atoms with Gasteiger partial charge >= 0.3 is 5.97 Å². The van der Waals surface area contributed by atoms with Gasteiger partial charge in [-0.3, -0.25) is 0 Å². The number of carbonyl (C=O) groups excluding carboxylic acids is 1. The van der Waals surface area contributed by atoms with E-state index in [1.165, 1.54) is 0 Å². The lowest BCUT2D eigenvalue weighted by Crippen LogP contribution is -2.07. The Kier molecular flexibility index (Phi) is 5.16. The fraction of sp³-hybridized carbons (Fsp3) is 0.0800. The molecule has 144 valence electrons. The zero-order chi connectivity index (χ0) is 20.2. The summed E-state index contributed by atoms with van der Waals surface area (Å²) in [4.78, 5) is 14.3. The maximum Gasteiger partial charge on any atom is 0.343 e. The van der Waals surface area contributed by atoms with E-state index in [1.54, 1.807) is 6.08 Å². The number of hydrogen-bond donors (Lipinski definition) is 0. The summed E-state index contributed by atoms with van der Waals surface area (Å²) in [6.45, 7) is 0. The van der Waals surface area contributed by atoms with Crippen molar-refractivity contribution in [2.24, 2.45) is 0 Å². The highest BCUT2D eigenvalue weighted by atomic mass is 16.5. The van der Waals surface area contributed by atoms with Gasteiger partial charge in [-0.2, -0.15) is 0 Å². The highest BCUT2D eigenvalue weighted by molar-refractivity contribution is 6.05. The van der Waals surface area contributed by atoms with Crippen molar-refractivity contribution in [3.05, 3.63) is 102 Å². The van der Waals surface area contributed by atoms with Crippen molar-refractivity contribution in [2.45, 2.75) is 0 Å². The second-order valence-corrected chi connectivity index (χ2v) is 6.92. The fourth-order valence-electron chi connectivity index (χ4n) is 2.99. The van der Waals surface area contributed by atoms with Crippen molar-refractivity contribution in [1.82, 2.24) is 0 Å². The van der Waals surface area contributed by atoms with Crippen LogP contribution < -0.4 is 9.64 Å². The quantitative estimate of drug-likeness (QED) is 0.429. The van der Waals surface area contributed by atoms with Crippen LogP contribution in [0.5, 0.6) is 11.5 Å². The maximum atomic E-state index is 12.3. The number of carbonyl (C=O) groups is 1. The molecule has 0 bridgehead atoms. The molecule has 0 amide bonds. The predicted octanol–water partition coefficient (Wildman–Crippen LogP) is 5.53. The molecule has 0 aromatic heterocycles. The van der Waals surface area contributed by atoms with Gasteiger partial charge in [-0.25, -0.2) is 4.79 Å². The highest BCUT2D eigenvalue weighted by Gasteiger charge is 2.22. The molecule has 0 N–H and O–H groups in total. The first-order valence-electron chi connectivity index (χ1n) is 9.35. The minimum atomic E-state index is -0.346. The van der Waals surface area contributed by atoms with E-state index in [9.17, 15) is 4.79 Å². The number of rotatable bonds is 5. The van der Waals surface area contributed by atoms with Crippen LogP contribution in [-0.4, -0.2) is 20.1 Å². The van der Waals surface area contributed by atoms with Gasteiger partial charge in [-0.15, -0.1) is 0 Å². The molecule has 0 spiro atoms. The van der Waals surface area contributed by atoms with Gasteiger partial charge in [0, 0.05) is 25.3 Å². The largest absolute Gasteiger partial charge is 0.457 e. The highest BCUT2D eigenvalue weighted by Crippen LogP contribution is 2.30. The number of anilines is 1. The van der Waals surface area contributed by atoms with Gasteiger partial charge in [0.25, 0.3) is 0 Å². The van der Waals surface area contributed by atoms with Gasteiger partial charge in [0.05, 0.1) is 5.57 Å². The average Bonchev–Trinajstić information content (AvgIpc) is 3.10. The van der Waals surface area contributed by atoms with Crippen LogP contribution in [0.2, 0.25) is 0 Å². The number of para-hydroxylation sites is 1. The van der Waals surface area contributed by atoms with Crippen LogP contribution in [0.4, 0.5) is 5.69 Å². The monoisotopic (exact) mass is 383 g/mol. The molecule has 0 saturated heterocycles.